The maximum atomic E-state index is 12.9. The lowest BCUT2D eigenvalue weighted by atomic mass is 10.2. The fraction of sp³-hybridized carbons (Fsp3) is 0.444. The Kier molecular flexibility index (Phi) is 4.64. The summed E-state index contributed by atoms with van der Waals surface area (Å²) in [6.07, 6.45) is 4.02. The van der Waals surface area contributed by atoms with Crippen molar-refractivity contribution in [2.45, 2.75) is 37.3 Å². The van der Waals surface area contributed by atoms with Crippen LogP contribution in [0.4, 0.5) is 0 Å². The summed E-state index contributed by atoms with van der Waals surface area (Å²) in [6, 6.07) is 8.83. The molecule has 1 aromatic carbocycles. The second kappa shape index (κ2) is 6.94. The SMILES string of the molecule is CO[C@H]1C[C@H](c2nc(C3CC3)no2)N(S(=O)(=O)/C=C/c2ccccc2)C1. The molecule has 138 valence electrons. The van der Waals surface area contributed by atoms with E-state index in [0.717, 1.165) is 18.4 Å². The van der Waals surface area contributed by atoms with Crippen LogP contribution in [0.15, 0.2) is 40.3 Å². The third kappa shape index (κ3) is 3.58. The first-order valence-electron chi connectivity index (χ1n) is 8.68. The van der Waals surface area contributed by atoms with Crippen molar-refractivity contribution < 1.29 is 17.7 Å². The van der Waals surface area contributed by atoms with Crippen molar-refractivity contribution in [2.75, 3.05) is 13.7 Å². The van der Waals surface area contributed by atoms with E-state index in [1.807, 2.05) is 30.3 Å². The van der Waals surface area contributed by atoms with Crippen LogP contribution in [0.2, 0.25) is 0 Å². The minimum Gasteiger partial charge on any atom is -0.380 e. The number of aromatic nitrogens is 2. The fourth-order valence-electron chi connectivity index (χ4n) is 3.14. The average molecular weight is 375 g/mol. The molecule has 26 heavy (non-hydrogen) atoms. The molecule has 2 fully saturated rings. The first-order valence-corrected chi connectivity index (χ1v) is 10.2. The van der Waals surface area contributed by atoms with E-state index in [4.69, 9.17) is 9.26 Å². The molecular weight excluding hydrogens is 354 g/mol. The quantitative estimate of drug-likeness (QED) is 0.772. The molecule has 2 aliphatic rings. The summed E-state index contributed by atoms with van der Waals surface area (Å²) in [5.74, 6) is 1.39. The van der Waals surface area contributed by atoms with Gasteiger partial charge in [-0.1, -0.05) is 35.5 Å². The molecule has 0 N–H and O–H groups in total. The monoisotopic (exact) mass is 375 g/mol. The fourth-order valence-corrected chi connectivity index (χ4v) is 4.53. The van der Waals surface area contributed by atoms with Crippen LogP contribution in [0.25, 0.3) is 6.08 Å². The summed E-state index contributed by atoms with van der Waals surface area (Å²) in [6.45, 7) is 0.268. The molecule has 0 radical (unpaired) electrons. The van der Waals surface area contributed by atoms with Crippen LogP contribution in [-0.2, 0) is 14.8 Å². The van der Waals surface area contributed by atoms with Crippen molar-refractivity contribution >= 4 is 16.1 Å². The Bertz CT molecular complexity index is 890. The third-order valence-corrected chi connectivity index (χ3v) is 6.33. The number of sulfonamides is 1. The van der Waals surface area contributed by atoms with Gasteiger partial charge in [0.05, 0.1) is 6.10 Å². The van der Waals surface area contributed by atoms with Crippen molar-refractivity contribution in [1.82, 2.24) is 14.4 Å². The smallest absolute Gasteiger partial charge is 0.245 e. The van der Waals surface area contributed by atoms with E-state index in [-0.39, 0.29) is 12.6 Å². The van der Waals surface area contributed by atoms with Crippen molar-refractivity contribution in [3.8, 4) is 0 Å². The number of methoxy groups -OCH3 is 1. The van der Waals surface area contributed by atoms with Gasteiger partial charge >= 0.3 is 0 Å². The average Bonchev–Trinajstić information content (AvgIpc) is 3.21. The van der Waals surface area contributed by atoms with E-state index in [1.54, 1.807) is 13.2 Å². The van der Waals surface area contributed by atoms with E-state index < -0.39 is 16.1 Å². The minimum atomic E-state index is -3.65. The summed E-state index contributed by atoms with van der Waals surface area (Å²) in [5.41, 5.74) is 0.823. The summed E-state index contributed by atoms with van der Waals surface area (Å²) in [5, 5.41) is 5.25. The maximum Gasteiger partial charge on any atom is 0.245 e. The van der Waals surface area contributed by atoms with Gasteiger partial charge in [-0.3, -0.25) is 0 Å². The normalized spacial score (nSPS) is 24.5. The molecule has 0 bridgehead atoms. The highest BCUT2D eigenvalue weighted by Gasteiger charge is 2.43. The minimum absolute atomic E-state index is 0.198. The molecule has 1 aromatic heterocycles. The molecule has 0 amide bonds. The van der Waals surface area contributed by atoms with E-state index in [2.05, 4.69) is 10.1 Å². The zero-order valence-electron chi connectivity index (χ0n) is 14.5. The summed E-state index contributed by atoms with van der Waals surface area (Å²) >= 11 is 0. The zero-order chi connectivity index (χ0) is 18.1. The van der Waals surface area contributed by atoms with Crippen LogP contribution in [-0.4, -0.2) is 42.6 Å². The molecule has 4 rings (SSSR count). The van der Waals surface area contributed by atoms with Gasteiger partial charge in [0, 0.05) is 31.4 Å². The molecule has 0 spiro atoms. The predicted octanol–water partition coefficient (Wildman–Crippen LogP) is 2.71. The Balaban J connectivity index is 1.59. The van der Waals surface area contributed by atoms with Gasteiger partial charge in [0.2, 0.25) is 15.9 Å². The van der Waals surface area contributed by atoms with Crippen molar-refractivity contribution in [2.24, 2.45) is 0 Å². The Morgan fingerprint density at radius 3 is 2.73 bits per heavy atom. The van der Waals surface area contributed by atoms with E-state index in [9.17, 15) is 8.42 Å². The molecule has 1 aliphatic carbocycles. The van der Waals surface area contributed by atoms with Crippen LogP contribution in [0, 0.1) is 0 Å². The van der Waals surface area contributed by atoms with E-state index in [0.29, 0.717) is 24.1 Å². The zero-order valence-corrected chi connectivity index (χ0v) is 15.3. The number of rotatable bonds is 6. The van der Waals surface area contributed by atoms with Crippen LogP contribution in [0.1, 0.15) is 48.5 Å². The van der Waals surface area contributed by atoms with Gasteiger partial charge in [0.25, 0.3) is 0 Å². The number of nitrogens with zero attached hydrogens (tertiary/aromatic N) is 3. The second-order valence-electron chi connectivity index (χ2n) is 6.70. The predicted molar refractivity (Wildman–Crippen MR) is 95.5 cm³/mol. The van der Waals surface area contributed by atoms with Crippen LogP contribution < -0.4 is 0 Å². The lowest BCUT2D eigenvalue weighted by Gasteiger charge is -2.18. The van der Waals surface area contributed by atoms with Crippen molar-refractivity contribution in [1.29, 1.82) is 0 Å². The summed E-state index contributed by atoms with van der Waals surface area (Å²) < 4.78 is 38.0. The van der Waals surface area contributed by atoms with Gasteiger partial charge in [-0.05, 0) is 24.5 Å². The Morgan fingerprint density at radius 1 is 1.27 bits per heavy atom. The van der Waals surface area contributed by atoms with Crippen molar-refractivity contribution in [3.63, 3.8) is 0 Å². The largest absolute Gasteiger partial charge is 0.380 e. The topological polar surface area (TPSA) is 85.5 Å². The van der Waals surface area contributed by atoms with Gasteiger partial charge < -0.3 is 9.26 Å². The Hall–Kier alpha value is -2.03. The van der Waals surface area contributed by atoms with Crippen LogP contribution >= 0.6 is 0 Å². The lowest BCUT2D eigenvalue weighted by molar-refractivity contribution is 0.114. The molecule has 0 unspecified atom stereocenters. The molecule has 7 nitrogen and oxygen atoms in total. The van der Waals surface area contributed by atoms with Gasteiger partial charge in [0.15, 0.2) is 5.82 Å². The molecule has 8 heteroatoms. The highest BCUT2D eigenvalue weighted by Crippen LogP contribution is 2.40. The Labute approximate surface area is 152 Å². The Morgan fingerprint density at radius 2 is 2.04 bits per heavy atom. The molecule has 2 atom stereocenters. The number of hydrogen-bond donors (Lipinski definition) is 0. The number of ether oxygens (including phenoxy) is 1. The highest BCUT2D eigenvalue weighted by molar-refractivity contribution is 7.92. The third-order valence-electron chi connectivity index (χ3n) is 4.79. The molecule has 1 saturated heterocycles. The maximum absolute atomic E-state index is 12.9. The standard InChI is InChI=1S/C18H21N3O4S/c1-24-15-11-16(18-19-17(20-25-18)14-7-8-14)21(12-15)26(22,23)10-9-13-5-3-2-4-6-13/h2-6,9-10,14-16H,7-8,11-12H2,1H3/b10-9+/t15-,16+/m0/s1. The number of benzene rings is 1. The molecule has 2 aromatic rings. The molecular formula is C18H21N3O4S. The van der Waals surface area contributed by atoms with Gasteiger partial charge in [-0.2, -0.15) is 9.29 Å². The summed E-state index contributed by atoms with van der Waals surface area (Å²) in [7, 11) is -2.06. The van der Waals surface area contributed by atoms with Gasteiger partial charge in [0.1, 0.15) is 6.04 Å². The van der Waals surface area contributed by atoms with Gasteiger partial charge in [-0.25, -0.2) is 8.42 Å². The molecule has 1 saturated carbocycles. The lowest BCUT2D eigenvalue weighted by Crippen LogP contribution is -2.30. The molecule has 2 heterocycles. The van der Waals surface area contributed by atoms with E-state index in [1.165, 1.54) is 9.71 Å². The van der Waals surface area contributed by atoms with Crippen molar-refractivity contribution in [3.05, 3.63) is 53.0 Å². The van der Waals surface area contributed by atoms with E-state index >= 15 is 0 Å². The highest BCUT2D eigenvalue weighted by atomic mass is 32.2. The first kappa shape index (κ1) is 17.4. The number of hydrogen-bond acceptors (Lipinski definition) is 6. The van der Waals surface area contributed by atoms with Gasteiger partial charge in [-0.15, -0.1) is 0 Å². The first-order chi connectivity index (χ1) is 12.6. The van der Waals surface area contributed by atoms with Crippen LogP contribution in [0.5, 0.6) is 0 Å². The molecule has 1 aliphatic heterocycles. The second-order valence-corrected chi connectivity index (χ2v) is 8.47. The summed E-state index contributed by atoms with van der Waals surface area (Å²) in [4.78, 5) is 4.44. The van der Waals surface area contributed by atoms with Crippen LogP contribution in [0.3, 0.4) is 0 Å².